The van der Waals surface area contributed by atoms with Gasteiger partial charge in [-0.15, -0.1) is 8.78 Å². The Labute approximate surface area is 248 Å². The molecule has 3 atom stereocenters. The van der Waals surface area contributed by atoms with E-state index in [1.54, 1.807) is 6.92 Å². The highest BCUT2D eigenvalue weighted by atomic mass is 19.4. The van der Waals surface area contributed by atoms with Gasteiger partial charge in [0.2, 0.25) is 5.88 Å². The molecule has 1 aromatic carbocycles. The van der Waals surface area contributed by atoms with Crippen molar-refractivity contribution >= 4 is 5.97 Å². The summed E-state index contributed by atoms with van der Waals surface area (Å²) in [6.45, 7) is 1.67. The number of ether oxygens (including phenoxy) is 5. The highest BCUT2D eigenvalue weighted by molar-refractivity contribution is 5.79. The van der Waals surface area contributed by atoms with Crippen LogP contribution in [0.2, 0.25) is 0 Å². The highest BCUT2D eigenvalue weighted by Crippen LogP contribution is 2.61. The summed E-state index contributed by atoms with van der Waals surface area (Å²) in [5, 5.41) is 4.03. The molecule has 3 aromatic rings. The predicted octanol–water partition coefficient (Wildman–Crippen LogP) is 6.48. The molecule has 0 N–H and O–H groups in total. The summed E-state index contributed by atoms with van der Waals surface area (Å²) in [6.07, 6.45) is -5.73. The van der Waals surface area contributed by atoms with E-state index in [0.717, 1.165) is 0 Å². The Kier molecular flexibility index (Phi) is 6.58. The van der Waals surface area contributed by atoms with Crippen LogP contribution in [0, 0.1) is 11.3 Å². The van der Waals surface area contributed by atoms with Gasteiger partial charge in [-0.1, -0.05) is 6.07 Å². The number of rotatable bonds is 7. The van der Waals surface area contributed by atoms with Crippen LogP contribution in [-0.2, 0) is 26.9 Å². The number of pyridine rings is 1. The second-order valence-electron chi connectivity index (χ2n) is 11.8. The summed E-state index contributed by atoms with van der Waals surface area (Å²) in [5.74, 6) is -0.299. The molecule has 1 unspecified atom stereocenters. The van der Waals surface area contributed by atoms with Crippen LogP contribution in [0.25, 0.3) is 5.69 Å². The third-order valence-electron chi connectivity index (χ3n) is 9.03. The average Bonchev–Trinajstić information content (AvgIpc) is 3.69. The molecule has 0 spiro atoms. The molecule has 3 saturated carbocycles. The second kappa shape index (κ2) is 10.0. The lowest BCUT2D eigenvalue weighted by Crippen LogP contribution is -2.37. The fourth-order valence-electron chi connectivity index (χ4n) is 7.02. The molecule has 0 saturated heterocycles. The van der Waals surface area contributed by atoms with Crippen LogP contribution in [0.15, 0.2) is 36.5 Å². The summed E-state index contributed by atoms with van der Waals surface area (Å²) in [4.78, 5) is 16.6. The van der Waals surface area contributed by atoms with E-state index in [1.165, 1.54) is 48.3 Å². The van der Waals surface area contributed by atoms with Crippen molar-refractivity contribution < 1.29 is 50.4 Å². The van der Waals surface area contributed by atoms with Crippen LogP contribution in [-0.4, -0.2) is 40.2 Å². The van der Waals surface area contributed by atoms with Crippen molar-refractivity contribution in [3.63, 3.8) is 0 Å². The van der Waals surface area contributed by atoms with Gasteiger partial charge in [-0.05, 0) is 75.1 Å². The first kappa shape index (κ1) is 28.8. The van der Waals surface area contributed by atoms with Crippen LogP contribution < -0.4 is 14.2 Å². The van der Waals surface area contributed by atoms with Gasteiger partial charge < -0.3 is 23.7 Å². The van der Waals surface area contributed by atoms with Crippen molar-refractivity contribution in [3.05, 3.63) is 59.0 Å². The molecule has 3 heterocycles. The number of alkyl halides is 5. The lowest BCUT2D eigenvalue weighted by molar-refractivity contribution is -0.286. The minimum absolute atomic E-state index is 0.0840. The third kappa shape index (κ3) is 4.83. The molecule has 1 aliphatic heterocycles. The number of carbonyl (C=O) groups is 1. The molecule has 234 valence electrons. The summed E-state index contributed by atoms with van der Waals surface area (Å²) in [5.41, 5.74) is -0.357. The maximum Gasteiger partial charge on any atom is 0.586 e. The molecule has 0 radical (unpaired) electrons. The number of hydrogen-bond acceptors (Lipinski definition) is 8. The molecule has 8 rings (SSSR count). The quantitative estimate of drug-likeness (QED) is 0.219. The van der Waals surface area contributed by atoms with Gasteiger partial charge >= 0.3 is 18.4 Å². The monoisotopic (exact) mass is 621 g/mol. The SMILES string of the molecule is COC(=O)C12CC(C1)[C@@H](OC1CCCc3c(C(F)(F)F)nn(-c4ccnc(O[C@@H](C)c5ccc6c(c5)OC(F)(F)O6)c4)c31)C2. The Bertz CT molecular complexity index is 1620. The summed E-state index contributed by atoms with van der Waals surface area (Å²) < 4.78 is 97.1. The summed E-state index contributed by atoms with van der Waals surface area (Å²) >= 11 is 0. The fourth-order valence-corrected chi connectivity index (χ4v) is 7.02. The minimum atomic E-state index is -4.68. The van der Waals surface area contributed by atoms with Crippen LogP contribution in [0.4, 0.5) is 22.0 Å². The van der Waals surface area contributed by atoms with E-state index >= 15 is 0 Å². The number of aromatic nitrogens is 3. The van der Waals surface area contributed by atoms with E-state index < -0.39 is 35.8 Å². The smallest absolute Gasteiger partial charge is 0.470 e. The molecule has 2 bridgehead atoms. The first-order valence-electron chi connectivity index (χ1n) is 14.3. The largest absolute Gasteiger partial charge is 0.586 e. The van der Waals surface area contributed by atoms with Gasteiger partial charge in [-0.25, -0.2) is 9.67 Å². The van der Waals surface area contributed by atoms with Crippen molar-refractivity contribution in [3.8, 4) is 23.1 Å². The zero-order chi connectivity index (χ0) is 31.0. The van der Waals surface area contributed by atoms with Crippen LogP contribution >= 0.6 is 0 Å². The molecule has 9 nitrogen and oxygen atoms in total. The van der Waals surface area contributed by atoms with Gasteiger partial charge in [0.15, 0.2) is 17.2 Å². The zero-order valence-electron chi connectivity index (χ0n) is 23.7. The van der Waals surface area contributed by atoms with Crippen LogP contribution in [0.1, 0.15) is 73.8 Å². The number of methoxy groups -OCH3 is 1. The predicted molar refractivity (Wildman–Crippen MR) is 140 cm³/mol. The minimum Gasteiger partial charge on any atom is -0.470 e. The Morgan fingerprint density at radius 1 is 1.11 bits per heavy atom. The van der Waals surface area contributed by atoms with E-state index in [1.807, 2.05) is 0 Å². The third-order valence-corrected chi connectivity index (χ3v) is 9.03. The van der Waals surface area contributed by atoms with E-state index in [2.05, 4.69) is 19.6 Å². The first-order chi connectivity index (χ1) is 20.9. The number of hydrogen-bond donors (Lipinski definition) is 0. The topological polar surface area (TPSA) is 93.9 Å². The normalized spacial score (nSPS) is 26.9. The standard InChI is InChI=1S/C30H28F5N3O6/c1-15(16-6-7-20-22(10-16)44-30(34,35)43-20)41-24-11-18(8-9-36-24)38-25-19(26(37-38)29(31,32)33)4-3-5-21(25)42-23-14-28(27(39)40-2)12-17(23)13-28/h6-11,15,17,21,23H,3-5,12-14H2,1-2H3/t15-,17?,21?,23-,28?/m0/s1. The molecule has 0 amide bonds. The number of fused-ring (bicyclic) bond motifs is 3. The number of nitrogens with zero attached hydrogens (tertiary/aromatic N) is 3. The van der Waals surface area contributed by atoms with E-state index in [9.17, 15) is 26.7 Å². The van der Waals surface area contributed by atoms with E-state index in [-0.39, 0.29) is 53.0 Å². The maximum atomic E-state index is 14.2. The molecule has 4 aliphatic carbocycles. The molecular weight excluding hydrogens is 593 g/mol. The molecule has 3 fully saturated rings. The Morgan fingerprint density at radius 2 is 1.89 bits per heavy atom. The average molecular weight is 622 g/mol. The Balaban J connectivity index is 1.17. The number of esters is 1. The summed E-state index contributed by atoms with van der Waals surface area (Å²) in [6, 6.07) is 7.24. The number of carbonyl (C=O) groups excluding carboxylic acids is 1. The van der Waals surface area contributed by atoms with Gasteiger partial charge in [0.1, 0.15) is 12.2 Å². The Hall–Kier alpha value is -3.94. The van der Waals surface area contributed by atoms with Crippen LogP contribution in [0.3, 0.4) is 0 Å². The van der Waals surface area contributed by atoms with Crippen molar-refractivity contribution in [2.75, 3.05) is 7.11 Å². The number of halogens is 5. The molecule has 2 aromatic heterocycles. The molecular formula is C30H28F5N3O6. The van der Waals surface area contributed by atoms with Gasteiger partial charge in [0.25, 0.3) is 0 Å². The van der Waals surface area contributed by atoms with E-state index in [0.29, 0.717) is 43.4 Å². The fraction of sp³-hybridized carbons (Fsp3) is 0.500. The lowest BCUT2D eigenvalue weighted by atomic mass is 9.70. The van der Waals surface area contributed by atoms with Crippen molar-refractivity contribution in [2.24, 2.45) is 11.3 Å². The van der Waals surface area contributed by atoms with Gasteiger partial charge in [0.05, 0.1) is 30.0 Å². The van der Waals surface area contributed by atoms with Crippen molar-refractivity contribution in [1.29, 1.82) is 0 Å². The van der Waals surface area contributed by atoms with Gasteiger partial charge in [0, 0.05) is 17.8 Å². The molecule has 5 aliphatic rings. The number of benzene rings is 1. The van der Waals surface area contributed by atoms with Crippen LogP contribution in [0.5, 0.6) is 17.4 Å². The second-order valence-corrected chi connectivity index (χ2v) is 11.8. The van der Waals surface area contributed by atoms with Gasteiger partial charge in [-0.2, -0.15) is 18.3 Å². The Morgan fingerprint density at radius 3 is 2.64 bits per heavy atom. The van der Waals surface area contributed by atoms with Crippen molar-refractivity contribution in [1.82, 2.24) is 14.8 Å². The first-order valence-corrected chi connectivity index (χ1v) is 14.3. The molecule has 44 heavy (non-hydrogen) atoms. The van der Waals surface area contributed by atoms with Crippen molar-refractivity contribution in [2.45, 2.75) is 76.2 Å². The zero-order valence-corrected chi connectivity index (χ0v) is 23.7. The lowest BCUT2D eigenvalue weighted by Gasteiger charge is -2.35. The maximum absolute atomic E-state index is 14.2. The summed E-state index contributed by atoms with van der Waals surface area (Å²) in [7, 11) is 1.35. The van der Waals surface area contributed by atoms with E-state index in [4.69, 9.17) is 14.2 Å². The highest BCUT2D eigenvalue weighted by Gasteiger charge is 2.62. The molecule has 14 heteroatoms. The van der Waals surface area contributed by atoms with Gasteiger partial charge in [-0.3, -0.25) is 4.79 Å².